The standard InChI is InChI=1S/C9H11N3O3/c1-2-9(13)11-10-7-5-3-4-6-8(7)12(14)15/h3-6,10H,2H2,1H3,(H,11,13). The number of nitrogens with zero attached hydrogens (tertiary/aromatic N) is 1. The molecule has 0 aromatic heterocycles. The van der Waals surface area contributed by atoms with Gasteiger partial charge in [0.25, 0.3) is 5.69 Å². The third-order valence-electron chi connectivity index (χ3n) is 1.76. The monoisotopic (exact) mass is 209 g/mol. The van der Waals surface area contributed by atoms with Gasteiger partial charge in [0.2, 0.25) is 5.91 Å². The highest BCUT2D eigenvalue weighted by Gasteiger charge is 2.11. The van der Waals surface area contributed by atoms with Gasteiger partial charge in [-0.1, -0.05) is 19.1 Å². The first-order chi connectivity index (χ1) is 7.15. The normalized spacial score (nSPS) is 9.40. The van der Waals surface area contributed by atoms with Crippen molar-refractivity contribution in [2.75, 3.05) is 5.43 Å². The van der Waals surface area contributed by atoms with Crippen molar-refractivity contribution < 1.29 is 9.72 Å². The molecule has 2 N–H and O–H groups in total. The van der Waals surface area contributed by atoms with Crippen molar-refractivity contribution in [1.29, 1.82) is 0 Å². The van der Waals surface area contributed by atoms with Crippen LogP contribution in [0.25, 0.3) is 0 Å². The van der Waals surface area contributed by atoms with Crippen molar-refractivity contribution in [3.05, 3.63) is 34.4 Å². The van der Waals surface area contributed by atoms with E-state index in [0.29, 0.717) is 6.42 Å². The number of nitro groups is 1. The molecule has 15 heavy (non-hydrogen) atoms. The summed E-state index contributed by atoms with van der Waals surface area (Å²) in [5, 5.41) is 10.6. The molecule has 1 aromatic rings. The molecule has 6 nitrogen and oxygen atoms in total. The summed E-state index contributed by atoms with van der Waals surface area (Å²) >= 11 is 0. The highest BCUT2D eigenvalue weighted by molar-refractivity contribution is 5.77. The van der Waals surface area contributed by atoms with Crippen LogP contribution in [0.3, 0.4) is 0 Å². The second kappa shape index (κ2) is 4.94. The summed E-state index contributed by atoms with van der Waals surface area (Å²) in [5.41, 5.74) is 5.05. The summed E-state index contributed by atoms with van der Waals surface area (Å²) in [6.45, 7) is 1.69. The number of nitrogens with one attached hydrogen (secondary N) is 2. The molecule has 0 fully saturated rings. The van der Waals surface area contributed by atoms with Crippen molar-refractivity contribution in [2.24, 2.45) is 0 Å². The zero-order valence-corrected chi connectivity index (χ0v) is 8.19. The van der Waals surface area contributed by atoms with E-state index in [1.807, 2.05) is 0 Å². The third kappa shape index (κ3) is 2.94. The lowest BCUT2D eigenvalue weighted by atomic mass is 10.3. The molecule has 1 amide bonds. The molecule has 0 atom stereocenters. The highest BCUT2D eigenvalue weighted by atomic mass is 16.6. The molecule has 6 heteroatoms. The number of rotatable bonds is 4. The van der Waals surface area contributed by atoms with Crippen LogP contribution in [0.4, 0.5) is 11.4 Å². The number of para-hydroxylation sites is 2. The predicted molar refractivity (Wildman–Crippen MR) is 55.2 cm³/mol. The molecule has 0 unspecified atom stereocenters. The minimum Gasteiger partial charge on any atom is -0.292 e. The van der Waals surface area contributed by atoms with Crippen LogP contribution < -0.4 is 10.9 Å². The van der Waals surface area contributed by atoms with Crippen LogP contribution in [-0.4, -0.2) is 10.8 Å². The number of amides is 1. The van der Waals surface area contributed by atoms with Crippen LogP contribution in [0.2, 0.25) is 0 Å². The maximum atomic E-state index is 10.9. The van der Waals surface area contributed by atoms with Crippen molar-refractivity contribution >= 4 is 17.3 Å². The Bertz CT molecular complexity index is 379. The fourth-order valence-electron chi connectivity index (χ4n) is 0.964. The summed E-state index contributed by atoms with van der Waals surface area (Å²) < 4.78 is 0. The van der Waals surface area contributed by atoms with Gasteiger partial charge in [0.05, 0.1) is 4.92 Å². The molecule has 0 aliphatic carbocycles. The molecule has 1 rings (SSSR count). The van der Waals surface area contributed by atoms with E-state index in [-0.39, 0.29) is 17.3 Å². The Balaban J connectivity index is 2.76. The summed E-state index contributed by atoms with van der Waals surface area (Å²) in [4.78, 5) is 21.0. The number of hydrazine groups is 1. The van der Waals surface area contributed by atoms with Crippen LogP contribution in [0, 0.1) is 10.1 Å². The Morgan fingerprint density at radius 3 is 2.73 bits per heavy atom. The van der Waals surface area contributed by atoms with Gasteiger partial charge >= 0.3 is 0 Å². The lowest BCUT2D eigenvalue weighted by Crippen LogP contribution is -2.28. The van der Waals surface area contributed by atoms with E-state index < -0.39 is 4.92 Å². The van der Waals surface area contributed by atoms with Crippen LogP contribution in [-0.2, 0) is 4.79 Å². The zero-order chi connectivity index (χ0) is 11.3. The van der Waals surface area contributed by atoms with Gasteiger partial charge in [0, 0.05) is 12.5 Å². The van der Waals surface area contributed by atoms with Crippen molar-refractivity contribution in [3.63, 3.8) is 0 Å². The number of nitro benzene ring substituents is 1. The van der Waals surface area contributed by atoms with Gasteiger partial charge < -0.3 is 0 Å². The number of hydrogen-bond acceptors (Lipinski definition) is 4. The quantitative estimate of drug-likeness (QED) is 0.580. The van der Waals surface area contributed by atoms with Gasteiger partial charge in [-0.3, -0.25) is 25.8 Å². The smallest absolute Gasteiger partial charge is 0.292 e. The summed E-state index contributed by atoms with van der Waals surface area (Å²) in [6.07, 6.45) is 0.313. The topological polar surface area (TPSA) is 84.3 Å². The van der Waals surface area contributed by atoms with Crippen molar-refractivity contribution in [2.45, 2.75) is 13.3 Å². The fourth-order valence-corrected chi connectivity index (χ4v) is 0.964. The first-order valence-corrected chi connectivity index (χ1v) is 4.43. The van der Waals surface area contributed by atoms with Crippen LogP contribution in [0.1, 0.15) is 13.3 Å². The molecular formula is C9H11N3O3. The Labute approximate surface area is 86.4 Å². The SMILES string of the molecule is CCC(=O)NNc1ccccc1[N+](=O)[O-]. The van der Waals surface area contributed by atoms with E-state index in [2.05, 4.69) is 10.9 Å². The lowest BCUT2D eigenvalue weighted by molar-refractivity contribution is -0.384. The van der Waals surface area contributed by atoms with Gasteiger partial charge in [0.15, 0.2) is 0 Å². The molecule has 0 heterocycles. The molecule has 0 bridgehead atoms. The first kappa shape index (κ1) is 11.0. The maximum Gasteiger partial charge on any atom is 0.294 e. The minimum absolute atomic E-state index is 0.0751. The summed E-state index contributed by atoms with van der Waals surface area (Å²) in [7, 11) is 0. The number of hydrogen-bond donors (Lipinski definition) is 2. The van der Waals surface area contributed by atoms with E-state index >= 15 is 0 Å². The summed E-state index contributed by atoms with van der Waals surface area (Å²) in [6, 6.07) is 6.09. The van der Waals surface area contributed by atoms with E-state index in [1.165, 1.54) is 12.1 Å². The van der Waals surface area contributed by atoms with Crippen LogP contribution in [0.15, 0.2) is 24.3 Å². The Kier molecular flexibility index (Phi) is 3.61. The van der Waals surface area contributed by atoms with E-state index in [9.17, 15) is 14.9 Å². The van der Waals surface area contributed by atoms with Crippen LogP contribution in [0.5, 0.6) is 0 Å². The molecule has 80 valence electrons. The third-order valence-corrected chi connectivity index (χ3v) is 1.76. The second-order valence-corrected chi connectivity index (χ2v) is 2.80. The first-order valence-electron chi connectivity index (χ1n) is 4.43. The average molecular weight is 209 g/mol. The maximum absolute atomic E-state index is 10.9. The fraction of sp³-hybridized carbons (Fsp3) is 0.222. The zero-order valence-electron chi connectivity index (χ0n) is 8.19. The average Bonchev–Trinajstić information content (AvgIpc) is 2.26. The Morgan fingerprint density at radius 2 is 2.13 bits per heavy atom. The second-order valence-electron chi connectivity index (χ2n) is 2.80. The number of carbonyl (C=O) groups excluding carboxylic acids is 1. The lowest BCUT2D eigenvalue weighted by Gasteiger charge is -2.07. The van der Waals surface area contributed by atoms with Gasteiger partial charge in [0.1, 0.15) is 5.69 Å². The van der Waals surface area contributed by atoms with Crippen molar-refractivity contribution in [1.82, 2.24) is 5.43 Å². The Hall–Kier alpha value is -2.11. The Morgan fingerprint density at radius 1 is 1.47 bits per heavy atom. The molecule has 0 spiro atoms. The molecule has 0 aliphatic rings. The largest absolute Gasteiger partial charge is 0.294 e. The van der Waals surface area contributed by atoms with Crippen LogP contribution >= 0.6 is 0 Å². The van der Waals surface area contributed by atoms with E-state index in [0.717, 1.165) is 0 Å². The molecule has 0 aliphatic heterocycles. The van der Waals surface area contributed by atoms with Gasteiger partial charge in [-0.15, -0.1) is 0 Å². The van der Waals surface area contributed by atoms with Crippen molar-refractivity contribution in [3.8, 4) is 0 Å². The molecule has 0 radical (unpaired) electrons. The number of anilines is 1. The molecule has 0 saturated carbocycles. The predicted octanol–water partition coefficient (Wildman–Crippen LogP) is 1.45. The van der Waals surface area contributed by atoms with Gasteiger partial charge in [-0.25, -0.2) is 0 Å². The molecular weight excluding hydrogens is 198 g/mol. The van der Waals surface area contributed by atoms with E-state index in [1.54, 1.807) is 19.1 Å². The number of benzene rings is 1. The minimum atomic E-state index is -0.513. The van der Waals surface area contributed by atoms with E-state index in [4.69, 9.17) is 0 Å². The van der Waals surface area contributed by atoms with Gasteiger partial charge in [-0.2, -0.15) is 0 Å². The molecule has 0 saturated heterocycles. The highest BCUT2D eigenvalue weighted by Crippen LogP contribution is 2.21. The van der Waals surface area contributed by atoms with Gasteiger partial charge in [-0.05, 0) is 6.07 Å². The number of carbonyl (C=O) groups is 1. The molecule has 1 aromatic carbocycles. The summed E-state index contributed by atoms with van der Waals surface area (Å²) in [5.74, 6) is -0.229.